The van der Waals surface area contributed by atoms with Gasteiger partial charge in [-0.05, 0) is 60.0 Å². The molecular formula is C33H46O4Si. The van der Waals surface area contributed by atoms with Crippen LogP contribution in [0.3, 0.4) is 0 Å². The summed E-state index contributed by atoms with van der Waals surface area (Å²) in [4.78, 5) is 23.8. The number of hydrogen-bond donors (Lipinski definition) is 0. The van der Waals surface area contributed by atoms with Gasteiger partial charge in [0.15, 0.2) is 0 Å². The lowest BCUT2D eigenvalue weighted by atomic mass is 9.97. The van der Waals surface area contributed by atoms with Gasteiger partial charge in [-0.1, -0.05) is 107 Å². The van der Waals surface area contributed by atoms with Gasteiger partial charge in [-0.25, -0.2) is 4.79 Å². The number of carbonyl (C=O) groups excluding carboxylic acids is 2. The quantitative estimate of drug-likeness (QED) is 0.0896. The molecule has 0 unspecified atom stereocenters. The van der Waals surface area contributed by atoms with Gasteiger partial charge >= 0.3 is 5.97 Å². The molecule has 4 nitrogen and oxygen atoms in total. The van der Waals surface area contributed by atoms with Crippen molar-refractivity contribution >= 4 is 30.4 Å². The fourth-order valence-electron chi connectivity index (χ4n) is 4.78. The molecule has 0 amide bonds. The van der Waals surface area contributed by atoms with Crippen molar-refractivity contribution in [1.82, 2.24) is 0 Å². The van der Waals surface area contributed by atoms with Crippen LogP contribution in [0.1, 0.15) is 67.7 Å². The fourth-order valence-corrected chi connectivity index (χ4v) is 9.39. The van der Waals surface area contributed by atoms with E-state index in [1.165, 1.54) is 10.4 Å². The second kappa shape index (κ2) is 14.4. The number of benzene rings is 2. The van der Waals surface area contributed by atoms with Crippen LogP contribution in [0, 0.1) is 11.8 Å². The third-order valence-electron chi connectivity index (χ3n) is 7.35. The maximum atomic E-state index is 12.3. The summed E-state index contributed by atoms with van der Waals surface area (Å²) in [5.41, 5.74) is 1.74. The van der Waals surface area contributed by atoms with Crippen molar-refractivity contribution in [3.8, 4) is 0 Å². The maximum absolute atomic E-state index is 12.3. The van der Waals surface area contributed by atoms with E-state index in [0.29, 0.717) is 13.0 Å². The first-order valence-electron chi connectivity index (χ1n) is 13.7. The number of allylic oxidation sites excluding steroid dienone is 1. The Labute approximate surface area is 231 Å². The van der Waals surface area contributed by atoms with E-state index in [1.54, 1.807) is 13.0 Å². The normalized spacial score (nSPS) is 14.0. The molecule has 5 heteroatoms. The van der Waals surface area contributed by atoms with Crippen LogP contribution in [0.5, 0.6) is 0 Å². The average Bonchev–Trinajstić information content (AvgIpc) is 2.87. The number of Topliss-reactive ketones (excluding diaryl/α,β-unsaturated/α-hetero) is 1. The van der Waals surface area contributed by atoms with E-state index < -0.39 is 8.32 Å². The molecule has 206 valence electrons. The van der Waals surface area contributed by atoms with Crippen LogP contribution >= 0.6 is 0 Å². The Balaban J connectivity index is 2.01. The predicted molar refractivity (Wildman–Crippen MR) is 160 cm³/mol. The zero-order valence-electron chi connectivity index (χ0n) is 24.4. The Morgan fingerprint density at radius 2 is 1.45 bits per heavy atom. The number of esters is 1. The van der Waals surface area contributed by atoms with Gasteiger partial charge in [-0.15, -0.1) is 0 Å². The molecule has 0 fully saturated rings. The molecule has 0 saturated carbocycles. The third-order valence-corrected chi connectivity index (χ3v) is 12.4. The average molecular weight is 535 g/mol. The Kier molecular flexibility index (Phi) is 11.9. The SMILES string of the molecule is C=C(COC(=O)/C=C(\C)[C@H](C)CCCO[Si](c1ccccc1)(c1ccccc1)C(C)(C)C)C[C@H](C)C(C)=O. The van der Waals surface area contributed by atoms with Crippen molar-refractivity contribution < 1.29 is 18.8 Å². The first kappa shape index (κ1) is 31.5. The standard InChI is InChI=1S/C33H46O4Si/c1-25(22-28(4)29(5)34)24-36-32(35)23-27(3)26(2)16-15-21-37-38(33(6,7)8,30-17-11-9-12-18-30)31-19-13-10-14-20-31/h9-14,17-20,23,26,28H,1,15-16,21-22,24H2,2-8H3/b27-23+/t26-,28+/m1/s1. The minimum atomic E-state index is -2.53. The highest BCUT2D eigenvalue weighted by atomic mass is 28.4. The molecule has 38 heavy (non-hydrogen) atoms. The fraction of sp³-hybridized carbons (Fsp3) is 0.455. The van der Waals surface area contributed by atoms with Crippen molar-refractivity contribution in [3.05, 3.63) is 84.5 Å². The maximum Gasteiger partial charge on any atom is 0.331 e. The largest absolute Gasteiger partial charge is 0.458 e. The number of rotatable bonds is 14. The molecule has 0 aliphatic carbocycles. The molecule has 2 atom stereocenters. The second-order valence-electron chi connectivity index (χ2n) is 11.5. The minimum absolute atomic E-state index is 0.0485. The number of ether oxygens (including phenoxy) is 1. The lowest BCUT2D eigenvalue weighted by molar-refractivity contribution is -0.136. The molecule has 0 saturated heterocycles. The van der Waals surface area contributed by atoms with Gasteiger partial charge in [-0.3, -0.25) is 4.79 Å². The van der Waals surface area contributed by atoms with Crippen LogP contribution < -0.4 is 10.4 Å². The van der Waals surface area contributed by atoms with Crippen LogP contribution in [0.2, 0.25) is 5.04 Å². The van der Waals surface area contributed by atoms with Crippen molar-refractivity contribution in [2.45, 2.75) is 72.8 Å². The monoisotopic (exact) mass is 534 g/mol. The number of carbonyl (C=O) groups is 2. The molecular weight excluding hydrogens is 488 g/mol. The van der Waals surface area contributed by atoms with Gasteiger partial charge in [0.25, 0.3) is 8.32 Å². The van der Waals surface area contributed by atoms with Gasteiger partial charge in [0.05, 0.1) is 0 Å². The zero-order chi connectivity index (χ0) is 28.3. The van der Waals surface area contributed by atoms with Crippen LogP contribution in [0.15, 0.2) is 84.5 Å². The molecule has 2 rings (SSSR count). The topological polar surface area (TPSA) is 52.6 Å². The van der Waals surface area contributed by atoms with Gasteiger partial charge in [0, 0.05) is 18.6 Å². The van der Waals surface area contributed by atoms with E-state index in [2.05, 4.69) is 94.9 Å². The van der Waals surface area contributed by atoms with E-state index in [4.69, 9.17) is 9.16 Å². The summed E-state index contributed by atoms with van der Waals surface area (Å²) >= 11 is 0. The Hall–Kier alpha value is -2.76. The Morgan fingerprint density at radius 3 is 1.92 bits per heavy atom. The summed E-state index contributed by atoms with van der Waals surface area (Å²) in [6.07, 6.45) is 3.92. The summed E-state index contributed by atoms with van der Waals surface area (Å²) in [5.74, 6) is -0.133. The summed E-state index contributed by atoms with van der Waals surface area (Å²) < 4.78 is 12.4. The van der Waals surface area contributed by atoms with Crippen molar-refractivity contribution in [2.24, 2.45) is 11.8 Å². The highest BCUT2D eigenvalue weighted by molar-refractivity contribution is 6.99. The van der Waals surface area contributed by atoms with Gasteiger partial charge in [0.1, 0.15) is 12.4 Å². The molecule has 0 spiro atoms. The van der Waals surface area contributed by atoms with E-state index in [1.807, 2.05) is 13.8 Å². The number of ketones is 1. The molecule has 2 aromatic rings. The van der Waals surface area contributed by atoms with E-state index in [-0.39, 0.29) is 35.2 Å². The van der Waals surface area contributed by atoms with Crippen LogP contribution in [0.25, 0.3) is 0 Å². The Morgan fingerprint density at radius 1 is 0.921 bits per heavy atom. The predicted octanol–water partition coefficient (Wildman–Crippen LogP) is 6.64. The smallest absolute Gasteiger partial charge is 0.331 e. The molecule has 0 heterocycles. The van der Waals surface area contributed by atoms with Gasteiger partial charge in [-0.2, -0.15) is 0 Å². The van der Waals surface area contributed by atoms with Gasteiger partial charge in [0.2, 0.25) is 0 Å². The lowest BCUT2D eigenvalue weighted by Gasteiger charge is -2.43. The summed E-state index contributed by atoms with van der Waals surface area (Å²) in [7, 11) is -2.53. The third kappa shape index (κ3) is 8.64. The Bertz CT molecular complexity index is 1040. The summed E-state index contributed by atoms with van der Waals surface area (Å²) in [5, 5.41) is 2.52. The number of hydrogen-bond acceptors (Lipinski definition) is 4. The van der Waals surface area contributed by atoms with E-state index in [9.17, 15) is 9.59 Å². The van der Waals surface area contributed by atoms with Crippen LogP contribution in [0.4, 0.5) is 0 Å². The highest BCUT2D eigenvalue weighted by Gasteiger charge is 2.49. The molecule has 0 aliphatic heterocycles. The lowest BCUT2D eigenvalue weighted by Crippen LogP contribution is -2.66. The molecule has 0 N–H and O–H groups in total. The molecule has 0 aliphatic rings. The first-order valence-corrected chi connectivity index (χ1v) is 15.6. The van der Waals surface area contributed by atoms with Crippen molar-refractivity contribution in [3.63, 3.8) is 0 Å². The van der Waals surface area contributed by atoms with E-state index in [0.717, 1.165) is 24.0 Å². The molecule has 0 bridgehead atoms. The van der Waals surface area contributed by atoms with Crippen LogP contribution in [-0.2, 0) is 18.8 Å². The molecule has 0 radical (unpaired) electrons. The minimum Gasteiger partial charge on any atom is -0.458 e. The highest BCUT2D eigenvalue weighted by Crippen LogP contribution is 2.37. The van der Waals surface area contributed by atoms with Crippen molar-refractivity contribution in [1.29, 1.82) is 0 Å². The van der Waals surface area contributed by atoms with Crippen molar-refractivity contribution in [2.75, 3.05) is 13.2 Å². The zero-order valence-corrected chi connectivity index (χ0v) is 25.4. The molecule has 0 aromatic heterocycles. The summed E-state index contributed by atoms with van der Waals surface area (Å²) in [6, 6.07) is 21.4. The summed E-state index contributed by atoms with van der Waals surface area (Å²) in [6.45, 7) is 19.1. The molecule has 2 aromatic carbocycles. The van der Waals surface area contributed by atoms with Crippen LogP contribution in [-0.4, -0.2) is 33.3 Å². The first-order chi connectivity index (χ1) is 17.9. The second-order valence-corrected chi connectivity index (χ2v) is 15.8. The van der Waals surface area contributed by atoms with E-state index >= 15 is 0 Å². The van der Waals surface area contributed by atoms with Gasteiger partial charge < -0.3 is 9.16 Å².